The molecule has 1 amide bonds. The minimum absolute atomic E-state index is 0. The van der Waals surface area contributed by atoms with Crippen LogP contribution in [0.4, 0.5) is 5.95 Å². The second-order valence-electron chi connectivity index (χ2n) is 5.45. The molecule has 2 aromatic rings. The Kier molecular flexibility index (Phi) is 4.54. The van der Waals surface area contributed by atoms with E-state index in [0.717, 1.165) is 29.9 Å². The Morgan fingerprint density at radius 2 is 2.10 bits per heavy atom. The molecule has 0 saturated carbocycles. The summed E-state index contributed by atoms with van der Waals surface area (Å²) in [5, 5.41) is 0. The van der Waals surface area contributed by atoms with Crippen molar-refractivity contribution >= 4 is 35.3 Å². The van der Waals surface area contributed by atoms with Gasteiger partial charge in [0.1, 0.15) is 0 Å². The van der Waals surface area contributed by atoms with Crippen molar-refractivity contribution in [2.75, 3.05) is 11.4 Å². The molecule has 21 heavy (non-hydrogen) atoms. The van der Waals surface area contributed by atoms with Crippen molar-refractivity contribution in [1.82, 2.24) is 9.55 Å². The molecular weight excluding hydrogens is 288 g/mol. The minimum atomic E-state index is -0.452. The highest BCUT2D eigenvalue weighted by Crippen LogP contribution is 2.28. The summed E-state index contributed by atoms with van der Waals surface area (Å²) in [6, 6.07) is 7.51. The second kappa shape index (κ2) is 6.03. The normalized spacial score (nSPS) is 16.4. The average molecular weight is 309 g/mol. The van der Waals surface area contributed by atoms with Crippen LogP contribution in [-0.2, 0) is 11.3 Å². The zero-order valence-electron chi connectivity index (χ0n) is 12.3. The van der Waals surface area contributed by atoms with Gasteiger partial charge in [-0.2, -0.15) is 0 Å². The Hall–Kier alpha value is -1.59. The number of carbonyl (C=O) groups excluding carboxylic acids is 1. The fourth-order valence-electron chi connectivity index (χ4n) is 2.68. The van der Waals surface area contributed by atoms with Gasteiger partial charge < -0.3 is 10.3 Å². The molecule has 2 N–H and O–H groups in total. The molecule has 0 spiro atoms. The number of amides is 1. The first-order chi connectivity index (χ1) is 9.63. The predicted molar refractivity (Wildman–Crippen MR) is 86.8 cm³/mol. The molecule has 0 fully saturated rings. The zero-order valence-corrected chi connectivity index (χ0v) is 13.1. The zero-order chi connectivity index (χ0) is 14.3. The molecule has 1 aromatic carbocycles. The van der Waals surface area contributed by atoms with E-state index < -0.39 is 6.04 Å². The smallest absolute Gasteiger partial charge is 0.246 e. The lowest BCUT2D eigenvalue weighted by atomic mass is 9.99. The van der Waals surface area contributed by atoms with Crippen LogP contribution >= 0.6 is 12.4 Å². The van der Waals surface area contributed by atoms with E-state index in [1.807, 2.05) is 31.2 Å². The molecule has 1 aliphatic rings. The van der Waals surface area contributed by atoms with E-state index >= 15 is 0 Å². The van der Waals surface area contributed by atoms with Gasteiger partial charge in [0, 0.05) is 13.1 Å². The van der Waals surface area contributed by atoms with Crippen molar-refractivity contribution in [2.45, 2.75) is 32.9 Å². The molecule has 2 atom stereocenters. The third-order valence-corrected chi connectivity index (χ3v) is 4.23. The molecule has 0 bridgehead atoms. The van der Waals surface area contributed by atoms with Crippen molar-refractivity contribution in [2.24, 2.45) is 11.7 Å². The largest absolute Gasteiger partial charge is 0.320 e. The molecule has 2 unspecified atom stereocenters. The van der Waals surface area contributed by atoms with Crippen molar-refractivity contribution < 1.29 is 4.79 Å². The van der Waals surface area contributed by atoms with Crippen molar-refractivity contribution in [3.8, 4) is 0 Å². The third-order valence-electron chi connectivity index (χ3n) is 4.23. The van der Waals surface area contributed by atoms with Crippen LogP contribution in [0.15, 0.2) is 24.3 Å². The van der Waals surface area contributed by atoms with E-state index in [9.17, 15) is 4.79 Å². The Morgan fingerprint density at radius 1 is 1.38 bits per heavy atom. The molecule has 114 valence electrons. The van der Waals surface area contributed by atoms with Crippen LogP contribution in [0.5, 0.6) is 0 Å². The number of benzene rings is 1. The number of hydrogen-bond acceptors (Lipinski definition) is 3. The van der Waals surface area contributed by atoms with E-state index in [1.54, 1.807) is 4.90 Å². The molecule has 1 aromatic heterocycles. The van der Waals surface area contributed by atoms with Crippen molar-refractivity contribution in [3.05, 3.63) is 24.3 Å². The Balaban J connectivity index is 0.00000161. The molecule has 1 aliphatic heterocycles. The molecule has 0 aliphatic carbocycles. The van der Waals surface area contributed by atoms with Crippen LogP contribution in [0.2, 0.25) is 0 Å². The maximum absolute atomic E-state index is 12.5. The van der Waals surface area contributed by atoms with Crippen LogP contribution in [0.3, 0.4) is 0 Å². The van der Waals surface area contributed by atoms with Gasteiger partial charge in [-0.25, -0.2) is 4.98 Å². The quantitative estimate of drug-likeness (QED) is 0.945. The lowest BCUT2D eigenvalue weighted by Gasteiger charge is -2.22. The van der Waals surface area contributed by atoms with Gasteiger partial charge in [-0.1, -0.05) is 32.4 Å². The van der Waals surface area contributed by atoms with E-state index in [4.69, 9.17) is 5.73 Å². The van der Waals surface area contributed by atoms with Crippen LogP contribution in [0.25, 0.3) is 11.0 Å². The van der Waals surface area contributed by atoms with Crippen LogP contribution in [-0.4, -0.2) is 28.0 Å². The number of imidazole rings is 1. The predicted octanol–water partition coefficient (Wildman–Crippen LogP) is 2.18. The first kappa shape index (κ1) is 15.8. The molecule has 0 saturated heterocycles. The van der Waals surface area contributed by atoms with Gasteiger partial charge in [-0.15, -0.1) is 12.4 Å². The van der Waals surface area contributed by atoms with Gasteiger partial charge in [0.05, 0.1) is 17.1 Å². The number of anilines is 1. The summed E-state index contributed by atoms with van der Waals surface area (Å²) < 4.78 is 2.09. The second-order valence-corrected chi connectivity index (χ2v) is 5.45. The van der Waals surface area contributed by atoms with Gasteiger partial charge in [0.2, 0.25) is 11.9 Å². The summed E-state index contributed by atoms with van der Waals surface area (Å²) in [5.41, 5.74) is 8.08. The number of aromatic nitrogens is 2. The number of fused-ring (bicyclic) bond motifs is 3. The van der Waals surface area contributed by atoms with Crippen molar-refractivity contribution in [3.63, 3.8) is 0 Å². The summed E-state index contributed by atoms with van der Waals surface area (Å²) in [7, 11) is 0. The highest BCUT2D eigenvalue weighted by atomic mass is 35.5. The number of hydrogen-bond donors (Lipinski definition) is 1. The highest BCUT2D eigenvalue weighted by molar-refractivity contribution is 5.98. The molecule has 0 radical (unpaired) electrons. The monoisotopic (exact) mass is 308 g/mol. The van der Waals surface area contributed by atoms with Gasteiger partial charge in [0.15, 0.2) is 0 Å². The topological polar surface area (TPSA) is 64.2 Å². The Bertz CT molecular complexity index is 654. The van der Waals surface area contributed by atoms with Gasteiger partial charge >= 0.3 is 0 Å². The van der Waals surface area contributed by atoms with Crippen molar-refractivity contribution in [1.29, 1.82) is 0 Å². The summed E-state index contributed by atoms with van der Waals surface area (Å²) in [4.78, 5) is 18.8. The van der Waals surface area contributed by atoms with E-state index in [1.165, 1.54) is 0 Å². The first-order valence-corrected chi connectivity index (χ1v) is 7.15. The number of rotatable bonds is 3. The molecule has 2 heterocycles. The maximum atomic E-state index is 12.5. The SMILES string of the molecule is CCC(C)C(N)C(=O)N1CCn2c1nc1ccccc12.Cl. The van der Waals surface area contributed by atoms with Gasteiger partial charge in [0.25, 0.3) is 0 Å². The Labute approximate surface area is 130 Å². The lowest BCUT2D eigenvalue weighted by Crippen LogP contribution is -2.46. The van der Waals surface area contributed by atoms with Gasteiger partial charge in [-0.05, 0) is 18.1 Å². The fraction of sp³-hybridized carbons (Fsp3) is 0.467. The van der Waals surface area contributed by atoms with E-state index in [0.29, 0.717) is 6.54 Å². The molecule has 3 rings (SSSR count). The fourth-order valence-corrected chi connectivity index (χ4v) is 2.68. The van der Waals surface area contributed by atoms with E-state index in [-0.39, 0.29) is 24.2 Å². The molecule has 6 heteroatoms. The summed E-state index contributed by atoms with van der Waals surface area (Å²) >= 11 is 0. The first-order valence-electron chi connectivity index (χ1n) is 7.15. The average Bonchev–Trinajstić information content (AvgIpc) is 3.03. The lowest BCUT2D eigenvalue weighted by molar-refractivity contribution is -0.120. The summed E-state index contributed by atoms with van der Waals surface area (Å²) in [5.74, 6) is 0.893. The van der Waals surface area contributed by atoms with Crippen LogP contribution in [0, 0.1) is 5.92 Å². The highest BCUT2D eigenvalue weighted by Gasteiger charge is 2.32. The van der Waals surface area contributed by atoms with Crippen LogP contribution in [0.1, 0.15) is 20.3 Å². The standard InChI is InChI=1S/C15H20N4O.ClH/c1-3-10(2)13(16)14(20)19-9-8-18-12-7-5-4-6-11(12)17-15(18)19;/h4-7,10,13H,3,8-9,16H2,1-2H3;1H. The van der Waals surface area contributed by atoms with Gasteiger partial charge in [-0.3, -0.25) is 9.69 Å². The summed E-state index contributed by atoms with van der Waals surface area (Å²) in [6.45, 7) is 5.52. The number of halogens is 1. The maximum Gasteiger partial charge on any atom is 0.246 e. The van der Waals surface area contributed by atoms with Crippen LogP contribution < -0.4 is 10.6 Å². The number of nitrogens with zero attached hydrogens (tertiary/aromatic N) is 3. The minimum Gasteiger partial charge on any atom is -0.320 e. The number of nitrogens with two attached hydrogens (primary N) is 1. The number of carbonyl (C=O) groups is 1. The molecule has 5 nitrogen and oxygen atoms in total. The van der Waals surface area contributed by atoms with E-state index in [2.05, 4.69) is 16.5 Å². The molecular formula is C15H21ClN4O. The Morgan fingerprint density at radius 3 is 2.81 bits per heavy atom. The third kappa shape index (κ3) is 2.51. The number of para-hydroxylation sites is 2. The summed E-state index contributed by atoms with van der Waals surface area (Å²) in [6.07, 6.45) is 0.900.